The van der Waals surface area contributed by atoms with Gasteiger partial charge in [0.2, 0.25) is 0 Å². The molecule has 0 unspecified atom stereocenters. The fraction of sp³-hybridized carbons (Fsp3) is 0.556. The van der Waals surface area contributed by atoms with Gasteiger partial charge in [-0.05, 0) is 26.7 Å². The van der Waals surface area contributed by atoms with Gasteiger partial charge in [0.15, 0.2) is 0 Å². The van der Waals surface area contributed by atoms with Crippen LogP contribution in [0.5, 0.6) is 0 Å². The van der Waals surface area contributed by atoms with E-state index in [9.17, 15) is 0 Å². The molecule has 0 bridgehead atoms. The fourth-order valence-electron chi connectivity index (χ4n) is 0.630. The van der Waals surface area contributed by atoms with E-state index >= 15 is 0 Å². The molecule has 10 heavy (non-hydrogen) atoms. The summed E-state index contributed by atoms with van der Waals surface area (Å²) in [6, 6.07) is 0. The topological polar surface area (TPSA) is 0 Å². The van der Waals surface area contributed by atoms with Crippen molar-refractivity contribution in [2.75, 3.05) is 5.75 Å². The van der Waals surface area contributed by atoms with Gasteiger partial charge in [-0.3, -0.25) is 0 Å². The van der Waals surface area contributed by atoms with Crippen molar-refractivity contribution in [2.45, 2.75) is 26.7 Å². The Bertz CT molecular complexity index is 134. The molecule has 0 nitrogen and oxygen atoms in total. The van der Waals surface area contributed by atoms with E-state index < -0.39 is 0 Å². The first kappa shape index (κ1) is 9.83. The van der Waals surface area contributed by atoms with Gasteiger partial charge in [0, 0.05) is 5.75 Å². The van der Waals surface area contributed by atoms with Gasteiger partial charge >= 0.3 is 0 Å². The zero-order valence-electron chi connectivity index (χ0n) is 6.85. The zero-order valence-corrected chi connectivity index (χ0v) is 7.75. The number of hydrogen-bond donors (Lipinski definition) is 1. The van der Waals surface area contributed by atoms with Crippen molar-refractivity contribution in [2.24, 2.45) is 0 Å². The highest BCUT2D eigenvalue weighted by molar-refractivity contribution is 7.80. The Hall–Kier alpha value is -0.170. The molecule has 0 rings (SSSR count). The molecule has 0 heterocycles. The Labute approximate surface area is 69.4 Å². The quantitative estimate of drug-likeness (QED) is 0.469. The standard InChI is InChI=1S/C9H16S/c1-8(2)5-4-6-9(3)7-10/h6,10H,1,4-5,7H2,2-3H3/b9-6+. The molecule has 0 radical (unpaired) electrons. The molecule has 0 aliphatic carbocycles. The third kappa shape index (κ3) is 5.96. The summed E-state index contributed by atoms with van der Waals surface area (Å²) in [5.41, 5.74) is 2.60. The lowest BCUT2D eigenvalue weighted by atomic mass is 10.1. The molecular formula is C9H16S. The van der Waals surface area contributed by atoms with E-state index in [0.717, 1.165) is 18.6 Å². The van der Waals surface area contributed by atoms with Gasteiger partial charge < -0.3 is 0 Å². The van der Waals surface area contributed by atoms with Crippen molar-refractivity contribution < 1.29 is 0 Å². The van der Waals surface area contributed by atoms with Crippen LogP contribution in [0, 0.1) is 0 Å². The van der Waals surface area contributed by atoms with Crippen molar-refractivity contribution in [3.05, 3.63) is 23.8 Å². The van der Waals surface area contributed by atoms with Crippen molar-refractivity contribution in [3.63, 3.8) is 0 Å². The molecule has 0 amide bonds. The van der Waals surface area contributed by atoms with Crippen LogP contribution >= 0.6 is 12.6 Å². The monoisotopic (exact) mass is 156 g/mol. The normalized spacial score (nSPS) is 11.7. The Morgan fingerprint density at radius 3 is 2.50 bits per heavy atom. The molecule has 0 saturated heterocycles. The summed E-state index contributed by atoms with van der Waals surface area (Å²) < 4.78 is 0. The maximum Gasteiger partial charge on any atom is 0.0110 e. The van der Waals surface area contributed by atoms with Gasteiger partial charge in [0.1, 0.15) is 0 Å². The van der Waals surface area contributed by atoms with Gasteiger partial charge in [-0.25, -0.2) is 0 Å². The largest absolute Gasteiger partial charge is 0.175 e. The summed E-state index contributed by atoms with van der Waals surface area (Å²) in [4.78, 5) is 0. The Balaban J connectivity index is 3.43. The van der Waals surface area contributed by atoms with Crippen LogP contribution in [0.2, 0.25) is 0 Å². The summed E-state index contributed by atoms with van der Waals surface area (Å²) in [5.74, 6) is 0.871. The first-order valence-electron chi connectivity index (χ1n) is 3.57. The summed E-state index contributed by atoms with van der Waals surface area (Å²) in [6.45, 7) is 7.99. The molecule has 0 aromatic rings. The van der Waals surface area contributed by atoms with Crippen molar-refractivity contribution in [1.29, 1.82) is 0 Å². The molecule has 0 saturated carbocycles. The van der Waals surface area contributed by atoms with Gasteiger partial charge in [-0.15, -0.1) is 6.58 Å². The smallest absolute Gasteiger partial charge is 0.0110 e. The number of allylic oxidation sites excluding steroid dienone is 2. The van der Waals surface area contributed by atoms with Crippen LogP contribution in [0.1, 0.15) is 26.7 Å². The van der Waals surface area contributed by atoms with Gasteiger partial charge in [0.05, 0.1) is 0 Å². The molecule has 0 aromatic heterocycles. The molecule has 0 aliphatic heterocycles. The van der Waals surface area contributed by atoms with E-state index in [-0.39, 0.29) is 0 Å². The van der Waals surface area contributed by atoms with E-state index in [1.165, 1.54) is 11.1 Å². The molecule has 0 aromatic carbocycles. The second-order valence-electron chi connectivity index (χ2n) is 2.70. The molecule has 58 valence electrons. The minimum Gasteiger partial charge on any atom is -0.175 e. The maximum atomic E-state index is 4.15. The Morgan fingerprint density at radius 2 is 2.10 bits per heavy atom. The zero-order chi connectivity index (χ0) is 7.98. The predicted molar refractivity (Wildman–Crippen MR) is 51.7 cm³/mol. The van der Waals surface area contributed by atoms with Crippen LogP contribution in [-0.4, -0.2) is 5.75 Å². The summed E-state index contributed by atoms with van der Waals surface area (Å²) in [6.07, 6.45) is 4.44. The number of thiol groups is 1. The molecule has 0 N–H and O–H groups in total. The molecular weight excluding hydrogens is 140 g/mol. The molecule has 0 atom stereocenters. The van der Waals surface area contributed by atoms with Crippen LogP contribution in [-0.2, 0) is 0 Å². The van der Waals surface area contributed by atoms with Gasteiger partial charge in [0.25, 0.3) is 0 Å². The van der Waals surface area contributed by atoms with E-state index in [0.29, 0.717) is 0 Å². The van der Waals surface area contributed by atoms with E-state index in [1.807, 2.05) is 0 Å². The lowest BCUT2D eigenvalue weighted by molar-refractivity contribution is 0.973. The van der Waals surface area contributed by atoms with Crippen LogP contribution in [0.25, 0.3) is 0 Å². The fourth-order valence-corrected chi connectivity index (χ4v) is 0.759. The summed E-state index contributed by atoms with van der Waals surface area (Å²) in [5, 5.41) is 0. The number of rotatable bonds is 4. The van der Waals surface area contributed by atoms with E-state index in [4.69, 9.17) is 0 Å². The molecule has 0 spiro atoms. The molecule has 0 aliphatic rings. The molecule has 0 fully saturated rings. The van der Waals surface area contributed by atoms with Gasteiger partial charge in [-0.1, -0.05) is 17.2 Å². The SMILES string of the molecule is C=C(C)CC/C=C(\C)CS. The Morgan fingerprint density at radius 1 is 1.50 bits per heavy atom. The maximum absolute atomic E-state index is 4.15. The first-order chi connectivity index (χ1) is 4.66. The first-order valence-corrected chi connectivity index (χ1v) is 4.21. The molecule has 1 heteroatoms. The van der Waals surface area contributed by atoms with Gasteiger partial charge in [-0.2, -0.15) is 12.6 Å². The van der Waals surface area contributed by atoms with Crippen molar-refractivity contribution in [1.82, 2.24) is 0 Å². The summed E-state index contributed by atoms with van der Waals surface area (Å²) in [7, 11) is 0. The second kappa shape index (κ2) is 5.60. The third-order valence-electron chi connectivity index (χ3n) is 1.31. The average molecular weight is 156 g/mol. The van der Waals surface area contributed by atoms with Crippen LogP contribution in [0.4, 0.5) is 0 Å². The minimum atomic E-state index is 0.871. The van der Waals surface area contributed by atoms with E-state index in [1.54, 1.807) is 0 Å². The van der Waals surface area contributed by atoms with Crippen LogP contribution in [0.15, 0.2) is 23.8 Å². The second-order valence-corrected chi connectivity index (χ2v) is 3.02. The van der Waals surface area contributed by atoms with Crippen molar-refractivity contribution in [3.8, 4) is 0 Å². The summed E-state index contributed by atoms with van der Waals surface area (Å²) >= 11 is 4.15. The van der Waals surface area contributed by atoms with Crippen LogP contribution < -0.4 is 0 Å². The lowest BCUT2D eigenvalue weighted by Crippen LogP contribution is -1.78. The predicted octanol–water partition coefficient (Wildman–Crippen LogP) is 3.22. The minimum absolute atomic E-state index is 0.871. The highest BCUT2D eigenvalue weighted by Gasteiger charge is 1.85. The third-order valence-corrected chi connectivity index (χ3v) is 1.81. The number of hydrogen-bond acceptors (Lipinski definition) is 1. The Kier molecular flexibility index (Phi) is 5.51. The van der Waals surface area contributed by atoms with Crippen molar-refractivity contribution >= 4 is 12.6 Å². The highest BCUT2D eigenvalue weighted by Crippen LogP contribution is 2.04. The van der Waals surface area contributed by atoms with Crippen LogP contribution in [0.3, 0.4) is 0 Å². The highest BCUT2D eigenvalue weighted by atomic mass is 32.1. The average Bonchev–Trinajstić information content (AvgIpc) is 1.87. The lowest BCUT2D eigenvalue weighted by Gasteiger charge is -1.95. The van der Waals surface area contributed by atoms with E-state index in [2.05, 4.69) is 39.1 Å².